The summed E-state index contributed by atoms with van der Waals surface area (Å²) < 4.78 is 13.6. The number of benzene rings is 1. The van der Waals surface area contributed by atoms with E-state index in [0.717, 1.165) is 70.6 Å². The van der Waals surface area contributed by atoms with Gasteiger partial charge in [-0.25, -0.2) is 0 Å². The second-order valence-electron chi connectivity index (χ2n) is 13.9. The van der Waals surface area contributed by atoms with Gasteiger partial charge in [-0.2, -0.15) is 5.01 Å². The Hall–Kier alpha value is -3.04. The van der Waals surface area contributed by atoms with Crippen LogP contribution in [0.15, 0.2) is 42.6 Å². The summed E-state index contributed by atoms with van der Waals surface area (Å²) in [5, 5.41) is 20.0. The number of nitrogens with one attached hydrogen (secondary N) is 4. The molecule has 0 spiro atoms. The van der Waals surface area contributed by atoms with Crippen LogP contribution in [0.3, 0.4) is 0 Å². The van der Waals surface area contributed by atoms with Crippen LogP contribution in [0.2, 0.25) is 0 Å². The molecule has 0 saturated carbocycles. The first kappa shape index (κ1) is 31.2. The number of morpholine rings is 1. The van der Waals surface area contributed by atoms with Crippen LogP contribution in [-0.4, -0.2) is 133 Å². The third kappa shape index (κ3) is 6.07. The molecule has 1 aromatic carbocycles. The van der Waals surface area contributed by atoms with E-state index >= 15 is 0 Å². The van der Waals surface area contributed by atoms with Gasteiger partial charge in [0.05, 0.1) is 31.3 Å². The highest BCUT2D eigenvalue weighted by atomic mass is 16.5. The van der Waals surface area contributed by atoms with Crippen LogP contribution in [0.4, 0.5) is 5.69 Å². The Morgan fingerprint density at radius 3 is 2.81 bits per heavy atom. The molecule has 6 aliphatic heterocycles. The summed E-state index contributed by atoms with van der Waals surface area (Å²) in [5.74, 6) is -0.0126. The van der Waals surface area contributed by atoms with Gasteiger partial charge in [0.25, 0.3) is 0 Å². The van der Waals surface area contributed by atoms with Crippen molar-refractivity contribution in [2.45, 2.75) is 68.9 Å². The number of fused-ring (bicyclic) bond motifs is 6. The van der Waals surface area contributed by atoms with Crippen molar-refractivity contribution < 1.29 is 19.1 Å². The number of rotatable bonds is 6. The van der Waals surface area contributed by atoms with Crippen molar-refractivity contribution in [1.29, 1.82) is 0 Å². The number of hydrogen-bond acceptors (Lipinski definition) is 10. The van der Waals surface area contributed by atoms with Gasteiger partial charge < -0.3 is 29.2 Å². The highest BCUT2D eigenvalue weighted by Gasteiger charge is 2.53. The van der Waals surface area contributed by atoms with Gasteiger partial charge in [0.15, 0.2) is 0 Å². The monoisotopic (exact) mass is 647 g/mol. The first-order chi connectivity index (χ1) is 23.1. The predicted octanol–water partition coefficient (Wildman–Crippen LogP) is 1.08. The fourth-order valence-electron chi connectivity index (χ4n) is 8.65. The number of nitrogens with zero attached hydrogens (tertiary/aromatic N) is 5. The zero-order chi connectivity index (χ0) is 31.9. The van der Waals surface area contributed by atoms with Gasteiger partial charge >= 0.3 is 0 Å². The van der Waals surface area contributed by atoms with E-state index < -0.39 is 0 Å². The van der Waals surface area contributed by atoms with Gasteiger partial charge in [0, 0.05) is 81.2 Å². The quantitative estimate of drug-likeness (QED) is 0.340. The molecule has 254 valence electrons. The topological polar surface area (TPSA) is 119 Å². The van der Waals surface area contributed by atoms with E-state index in [2.05, 4.69) is 78.4 Å². The van der Waals surface area contributed by atoms with Crippen LogP contribution in [0.25, 0.3) is 10.9 Å². The molecule has 6 unspecified atom stereocenters. The number of likely N-dealkylation sites (tertiary alicyclic amines) is 1. The molecule has 6 aliphatic rings. The standard InChI is InChI=1S/C34H49N9O4/c1-46-17-16-39-13-9-25(10-14-39)40-15-8-23-18-24(6-7-28(23)40)37-34-36-21-27-31(38-34)43-26-19-29-32(35-20-26)47-22-30(44)41(29)11-4-2-3-5-12-42(43)33(27)45/h3,5-8,15,18,25-27,29,31-32,34-38H,2,4,9-14,16-17,19-22H2,1H3/b5-3-. The largest absolute Gasteiger partial charge is 0.383 e. The van der Waals surface area contributed by atoms with Crippen molar-refractivity contribution >= 4 is 28.4 Å². The molecule has 2 amide bonds. The summed E-state index contributed by atoms with van der Waals surface area (Å²) in [6.45, 7) is 6.66. The SMILES string of the molecule is COCCN1CCC(n2ccc3cc(NC4NCC5C(=O)N6C/C=C\CCCN7C(=O)COC8NCC(CC87)N6C5N4)ccc32)CC1. The van der Waals surface area contributed by atoms with Gasteiger partial charge in [-0.1, -0.05) is 12.2 Å². The lowest BCUT2D eigenvalue weighted by atomic mass is 9.95. The molecule has 13 nitrogen and oxygen atoms in total. The minimum Gasteiger partial charge on any atom is -0.383 e. The average Bonchev–Trinajstić information content (AvgIpc) is 3.63. The van der Waals surface area contributed by atoms with E-state index in [-0.39, 0.29) is 55.1 Å². The summed E-state index contributed by atoms with van der Waals surface area (Å²) in [5.41, 5.74) is 2.30. The van der Waals surface area contributed by atoms with Crippen molar-refractivity contribution in [2.24, 2.45) is 5.92 Å². The number of aromatic nitrogens is 1. The molecular weight excluding hydrogens is 598 g/mol. The van der Waals surface area contributed by atoms with Crippen LogP contribution < -0.4 is 21.3 Å². The summed E-state index contributed by atoms with van der Waals surface area (Å²) in [6.07, 6.45) is 10.8. The maximum absolute atomic E-state index is 13.8. The van der Waals surface area contributed by atoms with Crippen LogP contribution in [-0.2, 0) is 19.1 Å². The number of methoxy groups -OCH3 is 1. The van der Waals surface area contributed by atoms with Gasteiger partial charge in [-0.3, -0.25) is 30.5 Å². The Morgan fingerprint density at radius 1 is 1.04 bits per heavy atom. The van der Waals surface area contributed by atoms with Gasteiger partial charge in [-0.05, 0) is 56.4 Å². The Bertz CT molecular complexity index is 1470. The molecule has 0 aliphatic carbocycles. The number of carbonyl (C=O) groups is 2. The first-order valence-corrected chi connectivity index (χ1v) is 17.5. The molecule has 5 saturated heterocycles. The summed E-state index contributed by atoms with van der Waals surface area (Å²) in [6, 6.07) is 9.34. The highest BCUT2D eigenvalue weighted by molar-refractivity contribution is 5.84. The molecule has 47 heavy (non-hydrogen) atoms. The summed E-state index contributed by atoms with van der Waals surface area (Å²) in [7, 11) is 1.77. The van der Waals surface area contributed by atoms with Crippen molar-refractivity contribution in [3.8, 4) is 0 Å². The molecule has 13 heteroatoms. The van der Waals surface area contributed by atoms with E-state index in [1.165, 1.54) is 10.9 Å². The van der Waals surface area contributed by atoms with Crippen LogP contribution in [0.1, 0.15) is 38.1 Å². The number of amides is 2. The van der Waals surface area contributed by atoms with E-state index in [1.807, 2.05) is 9.91 Å². The van der Waals surface area contributed by atoms with Crippen LogP contribution in [0, 0.1) is 5.92 Å². The van der Waals surface area contributed by atoms with Crippen molar-refractivity contribution in [2.75, 3.05) is 71.5 Å². The number of anilines is 1. The van der Waals surface area contributed by atoms with E-state index in [0.29, 0.717) is 25.7 Å². The Kier molecular flexibility index (Phi) is 8.95. The molecular formula is C34H49N9O4. The molecule has 2 aromatic rings. The molecule has 7 heterocycles. The van der Waals surface area contributed by atoms with Crippen molar-refractivity contribution in [3.63, 3.8) is 0 Å². The minimum atomic E-state index is -0.211. The number of carbonyl (C=O) groups excluding carboxylic acids is 2. The third-order valence-electron chi connectivity index (χ3n) is 11.1. The molecule has 5 fully saturated rings. The Morgan fingerprint density at radius 2 is 1.94 bits per heavy atom. The van der Waals surface area contributed by atoms with Crippen LogP contribution >= 0.6 is 0 Å². The summed E-state index contributed by atoms with van der Waals surface area (Å²) >= 11 is 0. The fraction of sp³-hybridized carbons (Fsp3) is 0.647. The van der Waals surface area contributed by atoms with Crippen LogP contribution in [0.5, 0.6) is 0 Å². The number of hydrogen-bond donors (Lipinski definition) is 4. The van der Waals surface area contributed by atoms with E-state index in [9.17, 15) is 9.59 Å². The second kappa shape index (κ2) is 13.5. The lowest BCUT2D eigenvalue weighted by molar-refractivity contribution is -0.172. The zero-order valence-electron chi connectivity index (χ0n) is 27.4. The molecule has 6 atom stereocenters. The number of allylic oxidation sites excluding steroid dienone is 1. The normalized spacial score (nSPS) is 33.3. The maximum Gasteiger partial charge on any atom is 0.249 e. The Labute approximate surface area is 276 Å². The lowest BCUT2D eigenvalue weighted by Crippen LogP contribution is -2.70. The maximum atomic E-state index is 13.8. The van der Waals surface area contributed by atoms with E-state index in [4.69, 9.17) is 9.47 Å². The minimum absolute atomic E-state index is 0.0363. The number of piperidine rings is 2. The number of hydrazine groups is 1. The average molecular weight is 648 g/mol. The molecule has 0 radical (unpaired) electrons. The third-order valence-corrected chi connectivity index (χ3v) is 11.1. The number of ether oxygens (including phenoxy) is 2. The summed E-state index contributed by atoms with van der Waals surface area (Å²) in [4.78, 5) is 31.2. The van der Waals surface area contributed by atoms with Gasteiger partial charge in [0.1, 0.15) is 19.1 Å². The first-order valence-electron chi connectivity index (χ1n) is 17.5. The smallest absolute Gasteiger partial charge is 0.249 e. The highest BCUT2D eigenvalue weighted by Crippen LogP contribution is 2.34. The van der Waals surface area contributed by atoms with Gasteiger partial charge in [-0.15, -0.1) is 0 Å². The Balaban J connectivity index is 0.973. The molecule has 2 bridgehead atoms. The van der Waals surface area contributed by atoms with Crippen molar-refractivity contribution in [1.82, 2.24) is 40.3 Å². The molecule has 8 rings (SSSR count). The van der Waals surface area contributed by atoms with Gasteiger partial charge in [0.2, 0.25) is 11.8 Å². The second-order valence-corrected chi connectivity index (χ2v) is 13.9. The molecule has 1 aromatic heterocycles. The lowest BCUT2D eigenvalue weighted by Gasteiger charge is -2.50. The fourth-order valence-corrected chi connectivity index (χ4v) is 8.65. The zero-order valence-corrected chi connectivity index (χ0v) is 27.4. The van der Waals surface area contributed by atoms with E-state index in [1.54, 1.807) is 7.11 Å². The molecule has 4 N–H and O–H groups in total. The van der Waals surface area contributed by atoms with Crippen molar-refractivity contribution in [3.05, 3.63) is 42.6 Å². The predicted molar refractivity (Wildman–Crippen MR) is 178 cm³/mol.